The second kappa shape index (κ2) is 7.71. The molecule has 0 spiro atoms. The third kappa shape index (κ3) is 5.68. The molecule has 0 atom stereocenters. The lowest BCUT2D eigenvalue weighted by Gasteiger charge is -2.08. The van der Waals surface area contributed by atoms with Crippen LogP contribution in [0.4, 0.5) is 0 Å². The largest absolute Gasteiger partial charge is 0.508 e. The summed E-state index contributed by atoms with van der Waals surface area (Å²) in [7, 11) is 0. The maximum absolute atomic E-state index is 11.7. The molecule has 0 saturated heterocycles. The number of ether oxygens (including phenoxy) is 1. The van der Waals surface area contributed by atoms with E-state index in [4.69, 9.17) is 4.74 Å². The van der Waals surface area contributed by atoms with Gasteiger partial charge in [-0.25, -0.2) is 0 Å². The second-order valence-electron chi connectivity index (χ2n) is 4.43. The van der Waals surface area contributed by atoms with Gasteiger partial charge in [0.2, 0.25) is 0 Å². The summed E-state index contributed by atoms with van der Waals surface area (Å²) in [5, 5.41) is 12.1. The predicted molar refractivity (Wildman–Crippen MR) is 70.8 cm³/mol. The van der Waals surface area contributed by atoms with E-state index >= 15 is 0 Å². The van der Waals surface area contributed by atoms with Crippen molar-refractivity contribution in [1.82, 2.24) is 5.32 Å². The fourth-order valence-electron chi connectivity index (χ4n) is 1.50. The van der Waals surface area contributed by atoms with Gasteiger partial charge in [-0.15, -0.1) is 0 Å². The monoisotopic (exact) mass is 251 g/mol. The summed E-state index contributed by atoms with van der Waals surface area (Å²) in [4.78, 5) is 11.7. The van der Waals surface area contributed by atoms with E-state index in [-0.39, 0.29) is 17.8 Å². The van der Waals surface area contributed by atoms with E-state index in [2.05, 4.69) is 5.32 Å². The highest BCUT2D eigenvalue weighted by Crippen LogP contribution is 2.10. The molecule has 1 aromatic carbocycles. The van der Waals surface area contributed by atoms with Crippen molar-refractivity contribution in [2.45, 2.75) is 32.8 Å². The quantitative estimate of drug-likeness (QED) is 0.731. The van der Waals surface area contributed by atoms with Gasteiger partial charge in [0, 0.05) is 18.7 Å². The van der Waals surface area contributed by atoms with Gasteiger partial charge < -0.3 is 15.2 Å². The highest BCUT2D eigenvalue weighted by molar-refractivity contribution is 5.94. The molecule has 100 valence electrons. The minimum atomic E-state index is -0.157. The summed E-state index contributed by atoms with van der Waals surface area (Å²) in [6, 6.07) is 6.33. The third-order valence-corrected chi connectivity index (χ3v) is 2.42. The first-order valence-corrected chi connectivity index (χ1v) is 6.28. The molecule has 2 N–H and O–H groups in total. The Morgan fingerprint density at radius 2 is 2.17 bits per heavy atom. The number of unbranched alkanes of at least 4 members (excludes halogenated alkanes) is 1. The van der Waals surface area contributed by atoms with Crippen molar-refractivity contribution < 1.29 is 14.6 Å². The zero-order valence-electron chi connectivity index (χ0n) is 11.0. The van der Waals surface area contributed by atoms with Crippen LogP contribution in [0.2, 0.25) is 0 Å². The van der Waals surface area contributed by atoms with Gasteiger partial charge >= 0.3 is 0 Å². The first-order valence-electron chi connectivity index (χ1n) is 6.28. The standard InChI is InChI=1S/C14H21NO3/c1-11(2)18-9-4-3-8-15-14(17)12-6-5-7-13(16)10-12/h5-7,10-11,16H,3-4,8-9H2,1-2H3,(H,15,17). The molecule has 4 heteroatoms. The summed E-state index contributed by atoms with van der Waals surface area (Å²) in [6.45, 7) is 5.35. The van der Waals surface area contributed by atoms with Crippen LogP contribution in [0.25, 0.3) is 0 Å². The molecule has 0 radical (unpaired) electrons. The molecule has 0 aliphatic rings. The Bertz CT molecular complexity index is 377. The first-order chi connectivity index (χ1) is 8.59. The van der Waals surface area contributed by atoms with Gasteiger partial charge in [-0.3, -0.25) is 4.79 Å². The Morgan fingerprint density at radius 1 is 1.39 bits per heavy atom. The van der Waals surface area contributed by atoms with E-state index in [0.717, 1.165) is 19.4 Å². The van der Waals surface area contributed by atoms with E-state index in [1.807, 2.05) is 13.8 Å². The first kappa shape index (κ1) is 14.5. The molecule has 0 aliphatic heterocycles. The number of benzene rings is 1. The SMILES string of the molecule is CC(C)OCCCCNC(=O)c1cccc(O)c1. The van der Waals surface area contributed by atoms with Gasteiger partial charge in [0.05, 0.1) is 6.10 Å². The van der Waals surface area contributed by atoms with Crippen molar-refractivity contribution in [1.29, 1.82) is 0 Å². The molecular formula is C14H21NO3. The molecule has 1 rings (SSSR count). The number of aromatic hydroxyl groups is 1. The van der Waals surface area contributed by atoms with Crippen LogP contribution in [-0.4, -0.2) is 30.3 Å². The number of carbonyl (C=O) groups excluding carboxylic acids is 1. The van der Waals surface area contributed by atoms with E-state index in [9.17, 15) is 9.90 Å². The number of phenolic OH excluding ortho intramolecular Hbond substituents is 1. The molecule has 0 aromatic heterocycles. The van der Waals surface area contributed by atoms with Gasteiger partial charge in [-0.05, 0) is 44.9 Å². The van der Waals surface area contributed by atoms with Crippen molar-refractivity contribution >= 4 is 5.91 Å². The number of amides is 1. The van der Waals surface area contributed by atoms with E-state index < -0.39 is 0 Å². The Balaban J connectivity index is 2.18. The maximum atomic E-state index is 11.7. The third-order valence-electron chi connectivity index (χ3n) is 2.42. The van der Waals surface area contributed by atoms with Crippen LogP contribution in [0.5, 0.6) is 5.75 Å². The summed E-state index contributed by atoms with van der Waals surface area (Å²) in [5.41, 5.74) is 0.480. The molecule has 0 fully saturated rings. The zero-order chi connectivity index (χ0) is 13.4. The Hall–Kier alpha value is -1.55. The second-order valence-corrected chi connectivity index (χ2v) is 4.43. The highest BCUT2D eigenvalue weighted by Gasteiger charge is 2.04. The molecule has 0 aliphatic carbocycles. The van der Waals surface area contributed by atoms with Gasteiger partial charge in [-0.1, -0.05) is 6.07 Å². The zero-order valence-corrected chi connectivity index (χ0v) is 11.0. The molecule has 4 nitrogen and oxygen atoms in total. The Labute approximate surface area is 108 Å². The van der Waals surface area contributed by atoms with Crippen molar-refractivity contribution in [3.8, 4) is 5.75 Å². The topological polar surface area (TPSA) is 58.6 Å². The Morgan fingerprint density at radius 3 is 2.83 bits per heavy atom. The average molecular weight is 251 g/mol. The molecule has 0 heterocycles. The van der Waals surface area contributed by atoms with E-state index in [0.29, 0.717) is 12.1 Å². The molecular weight excluding hydrogens is 230 g/mol. The van der Waals surface area contributed by atoms with Crippen molar-refractivity contribution in [2.75, 3.05) is 13.2 Å². The average Bonchev–Trinajstić information content (AvgIpc) is 2.33. The van der Waals surface area contributed by atoms with Crippen LogP contribution in [0, 0.1) is 0 Å². The highest BCUT2D eigenvalue weighted by atomic mass is 16.5. The van der Waals surface area contributed by atoms with Crippen LogP contribution >= 0.6 is 0 Å². The van der Waals surface area contributed by atoms with Crippen molar-refractivity contribution in [3.05, 3.63) is 29.8 Å². The fraction of sp³-hybridized carbons (Fsp3) is 0.500. The number of hydrogen-bond donors (Lipinski definition) is 2. The number of nitrogens with one attached hydrogen (secondary N) is 1. The van der Waals surface area contributed by atoms with Gasteiger partial charge in [0.1, 0.15) is 5.75 Å². The molecule has 1 aromatic rings. The van der Waals surface area contributed by atoms with E-state index in [1.165, 1.54) is 6.07 Å². The number of hydrogen-bond acceptors (Lipinski definition) is 3. The molecule has 0 unspecified atom stereocenters. The van der Waals surface area contributed by atoms with E-state index in [1.54, 1.807) is 18.2 Å². The summed E-state index contributed by atoms with van der Waals surface area (Å²) < 4.78 is 5.40. The molecule has 18 heavy (non-hydrogen) atoms. The smallest absolute Gasteiger partial charge is 0.251 e. The summed E-state index contributed by atoms with van der Waals surface area (Å²) in [6.07, 6.45) is 2.07. The van der Waals surface area contributed by atoms with Crippen LogP contribution in [0.15, 0.2) is 24.3 Å². The Kier molecular flexibility index (Phi) is 6.22. The molecule has 0 bridgehead atoms. The predicted octanol–water partition coefficient (Wildman–Crippen LogP) is 2.33. The maximum Gasteiger partial charge on any atom is 0.251 e. The summed E-state index contributed by atoms with van der Waals surface area (Å²) in [5.74, 6) is -0.0522. The van der Waals surface area contributed by atoms with Crippen molar-refractivity contribution in [3.63, 3.8) is 0 Å². The normalized spacial score (nSPS) is 10.6. The van der Waals surface area contributed by atoms with Crippen LogP contribution in [0.3, 0.4) is 0 Å². The molecule has 0 saturated carbocycles. The number of carbonyl (C=O) groups is 1. The number of phenols is 1. The summed E-state index contributed by atoms with van der Waals surface area (Å²) >= 11 is 0. The van der Waals surface area contributed by atoms with Gasteiger partial charge in [0.25, 0.3) is 5.91 Å². The lowest BCUT2D eigenvalue weighted by atomic mass is 10.2. The lowest BCUT2D eigenvalue weighted by Crippen LogP contribution is -2.24. The number of rotatable bonds is 7. The minimum Gasteiger partial charge on any atom is -0.508 e. The fourth-order valence-corrected chi connectivity index (χ4v) is 1.50. The van der Waals surface area contributed by atoms with Crippen molar-refractivity contribution in [2.24, 2.45) is 0 Å². The lowest BCUT2D eigenvalue weighted by molar-refractivity contribution is 0.0754. The van der Waals surface area contributed by atoms with Gasteiger partial charge in [-0.2, -0.15) is 0 Å². The molecule has 1 amide bonds. The minimum absolute atomic E-state index is 0.105. The van der Waals surface area contributed by atoms with Crippen LogP contribution in [0.1, 0.15) is 37.0 Å². The van der Waals surface area contributed by atoms with Gasteiger partial charge in [0.15, 0.2) is 0 Å². The van der Waals surface area contributed by atoms with Crippen LogP contribution in [-0.2, 0) is 4.74 Å². The van der Waals surface area contributed by atoms with Crippen LogP contribution < -0.4 is 5.32 Å².